The predicted octanol–water partition coefficient (Wildman–Crippen LogP) is 4.01. The third-order valence-electron chi connectivity index (χ3n) is 4.06. The van der Waals surface area contributed by atoms with Crippen LogP contribution >= 0.6 is 12.0 Å². The van der Waals surface area contributed by atoms with Crippen LogP contribution in [0.5, 0.6) is 0 Å². The normalized spacial score (nSPS) is 11.1. The van der Waals surface area contributed by atoms with Gasteiger partial charge in [0.2, 0.25) is 0 Å². The number of carbonyl (C=O) groups excluding carboxylic acids is 2. The number of hydrogen-bond acceptors (Lipinski definition) is 10. The number of carbonyl (C=O) groups is 1. The summed E-state index contributed by atoms with van der Waals surface area (Å²) in [6.45, 7) is 17.0. The van der Waals surface area contributed by atoms with Crippen molar-refractivity contribution in [2.75, 3.05) is 59.8 Å². The molecule has 1 aromatic carbocycles. The van der Waals surface area contributed by atoms with Crippen LogP contribution in [0.2, 0.25) is 0 Å². The average molecular weight is 819 g/mol. The third-order valence-corrected chi connectivity index (χ3v) is 4.73. The van der Waals surface area contributed by atoms with Gasteiger partial charge in [-0.05, 0) is 46.2 Å². The van der Waals surface area contributed by atoms with Gasteiger partial charge < -0.3 is 34.4 Å². The van der Waals surface area contributed by atoms with Crippen LogP contribution in [-0.4, -0.2) is 83.9 Å². The molecule has 0 aliphatic rings. The van der Waals surface area contributed by atoms with Crippen LogP contribution in [0.25, 0.3) is 0 Å². The smallest absolute Gasteiger partial charge is 0.319 e. The molecule has 0 aromatic heterocycles. The van der Waals surface area contributed by atoms with Crippen LogP contribution in [0.3, 0.4) is 0 Å². The minimum Gasteiger partial charge on any atom is -0.525 e. The number of hydrogen-bond donors (Lipinski definition) is 2. The first-order chi connectivity index (χ1) is 18.2. The van der Waals surface area contributed by atoms with Gasteiger partial charge in [-0.25, -0.2) is 4.89 Å². The van der Waals surface area contributed by atoms with Gasteiger partial charge in [0.15, 0.2) is 0 Å². The zero-order valence-corrected chi connectivity index (χ0v) is 27.9. The van der Waals surface area contributed by atoms with Gasteiger partial charge in [-0.3, -0.25) is 4.79 Å². The number of ether oxygens (including phenoxy) is 4. The van der Waals surface area contributed by atoms with E-state index >= 15 is 0 Å². The second-order valence-corrected chi connectivity index (χ2v) is 9.35. The molecule has 0 saturated carbocycles. The second kappa shape index (κ2) is 28.3. The van der Waals surface area contributed by atoms with E-state index in [1.54, 1.807) is 6.41 Å². The van der Waals surface area contributed by atoms with Gasteiger partial charge in [0.25, 0.3) is 0 Å². The Hall–Kier alpha value is -2.73. The van der Waals surface area contributed by atoms with Gasteiger partial charge in [0.05, 0.1) is 70.9 Å². The molecule has 0 radical (unpaired) electrons. The van der Waals surface area contributed by atoms with Crippen molar-refractivity contribution in [2.45, 2.75) is 71.4 Å². The Labute approximate surface area is 233 Å². The number of rotatable bonds is 19. The van der Waals surface area contributed by atoms with Gasteiger partial charge in [-0.2, -0.15) is 10.7 Å². The predicted molar refractivity (Wildman–Crippen MR) is 151 cm³/mol. The second-order valence-electron chi connectivity index (χ2n) is 8.57. The van der Waals surface area contributed by atoms with Crippen LogP contribution in [0.4, 0.5) is 0 Å². The van der Waals surface area contributed by atoms with Gasteiger partial charge >= 0.3 is 5.97 Å². The summed E-state index contributed by atoms with van der Waals surface area (Å²) >= 11 is 1.21. The Balaban J connectivity index is -0.000000768. The Morgan fingerprint density at radius 1 is 1.03 bits per heavy atom. The molecule has 234 valence electrons. The van der Waals surface area contributed by atoms with E-state index < -0.39 is 0 Å². The summed E-state index contributed by atoms with van der Waals surface area (Å²) in [7, 11) is 1.49. The molecule has 12 heteroatoms. The summed E-state index contributed by atoms with van der Waals surface area (Å²) in [6.07, 6.45) is 2.43. The molecule has 0 heterocycles. The van der Waals surface area contributed by atoms with Crippen molar-refractivity contribution in [3.05, 3.63) is 29.8 Å². The van der Waals surface area contributed by atoms with Crippen molar-refractivity contribution in [2.24, 2.45) is 0 Å². The van der Waals surface area contributed by atoms with E-state index in [0.717, 1.165) is 11.3 Å². The molecule has 1 amide bonds. The monoisotopic (exact) mass is 818 g/mol. The molecule has 0 spiro atoms. The molecule has 0 aliphatic heterocycles. The summed E-state index contributed by atoms with van der Waals surface area (Å²) in [4.78, 5) is 27.3. The summed E-state index contributed by atoms with van der Waals surface area (Å²) in [6, 6.07) is 7.75. The average Bonchev–Trinajstić information content (AvgIpc) is 2.89. The Bertz CT molecular complexity index is 679. The SMILES string of the molecule is CC.CCCOC(=O)CNCC(COCCOCCOC(C)(C)C)N[C-]=O.COOSc1ccc(C)cc1.[Fm]. The zero-order valence-electron chi connectivity index (χ0n) is 24.7. The molecule has 1 unspecified atom stereocenters. The van der Waals surface area contributed by atoms with Gasteiger partial charge in [0, 0.05) is 17.5 Å². The topological polar surface area (TPSA) is 114 Å². The Morgan fingerprint density at radius 2 is 1.64 bits per heavy atom. The molecular formula is C27H49FmN2O8S-. The number of aryl methyl sites for hydroxylation is 1. The molecule has 2 N–H and O–H groups in total. The number of nitrogens with one attached hydrogen (secondary N) is 2. The van der Waals surface area contributed by atoms with E-state index in [4.69, 9.17) is 18.9 Å². The standard InChI is InChI=1S/C17H33N2O6.C8H10O2S.C2H6.Fm/c1-5-6-24-16(21)12-18-11-15(19-14-20)13-23-8-7-22-9-10-25-17(2,3)4;1-7-3-5-8(6-4-7)11-10-9-2;1-2;/h15,18H,5-13H2,1-4H3,(H,19,20);3-6H,1-2H3;1-2H3;/q-1;;;. The van der Waals surface area contributed by atoms with Gasteiger partial charge in [-0.15, -0.1) is 0 Å². The summed E-state index contributed by atoms with van der Waals surface area (Å²) in [5, 5.41) is 5.44. The fourth-order valence-electron chi connectivity index (χ4n) is 2.37. The fourth-order valence-corrected chi connectivity index (χ4v) is 2.76. The van der Waals surface area contributed by atoms with Crippen LogP contribution in [0.1, 0.15) is 53.5 Å². The van der Waals surface area contributed by atoms with Crippen molar-refractivity contribution in [1.82, 2.24) is 10.6 Å². The molecule has 0 saturated heterocycles. The molecule has 0 bridgehead atoms. The van der Waals surface area contributed by atoms with E-state index in [1.807, 2.05) is 72.7 Å². The first kappa shape index (κ1) is 40.8. The van der Waals surface area contributed by atoms with Crippen molar-refractivity contribution < 1.29 is 37.8 Å². The Kier molecular flexibility index (Phi) is 29.6. The number of esters is 1. The summed E-state index contributed by atoms with van der Waals surface area (Å²) in [5.74, 6) is -0.317. The van der Waals surface area contributed by atoms with E-state index in [-0.39, 0.29) is 24.2 Å². The van der Waals surface area contributed by atoms with Gasteiger partial charge in [0.1, 0.15) is 0 Å². The zero-order chi connectivity index (χ0) is 29.1. The molecule has 39 heavy (non-hydrogen) atoms. The van der Waals surface area contributed by atoms with Crippen molar-refractivity contribution in [3.63, 3.8) is 0 Å². The maximum absolute atomic E-state index is 11.3. The summed E-state index contributed by atoms with van der Waals surface area (Å²) < 4.78 is 26.0. The maximum atomic E-state index is 11.3. The van der Waals surface area contributed by atoms with Crippen LogP contribution in [-0.2, 0) is 37.8 Å². The van der Waals surface area contributed by atoms with E-state index in [9.17, 15) is 9.59 Å². The van der Waals surface area contributed by atoms with Crippen molar-refractivity contribution in [3.8, 4) is 0 Å². The van der Waals surface area contributed by atoms with Crippen LogP contribution < -0.4 is 10.6 Å². The molecule has 0 aliphatic carbocycles. The van der Waals surface area contributed by atoms with Crippen molar-refractivity contribution >= 4 is 24.4 Å². The largest absolute Gasteiger partial charge is 0.525 e. The van der Waals surface area contributed by atoms with Crippen LogP contribution in [0, 0.1) is 6.92 Å². The molecule has 1 atom stereocenters. The molecule has 10 nitrogen and oxygen atoms in total. The Morgan fingerprint density at radius 3 is 2.21 bits per heavy atom. The van der Waals surface area contributed by atoms with E-state index in [2.05, 4.69) is 19.9 Å². The van der Waals surface area contributed by atoms with E-state index in [1.165, 1.54) is 24.7 Å². The summed E-state index contributed by atoms with van der Waals surface area (Å²) in [5.41, 5.74) is 1.08. The maximum Gasteiger partial charge on any atom is 0.319 e. The molecular weight excluding hydrogens is 769 g/mol. The number of benzene rings is 1. The fraction of sp³-hybridized carbons (Fsp3) is 0.704. The minimum absolute atomic E-state index is 0. The first-order valence-corrected chi connectivity index (χ1v) is 13.7. The van der Waals surface area contributed by atoms with E-state index in [0.29, 0.717) is 46.2 Å². The minimum atomic E-state index is -0.317. The van der Waals surface area contributed by atoms with Gasteiger partial charge in [-0.1, -0.05) is 38.5 Å². The van der Waals surface area contributed by atoms with Crippen molar-refractivity contribution in [1.29, 1.82) is 0 Å². The quantitative estimate of drug-likeness (QED) is 0.0404. The molecule has 1 rings (SSSR count). The van der Waals surface area contributed by atoms with Crippen LogP contribution in [0.15, 0.2) is 29.2 Å². The first-order valence-electron chi connectivity index (χ1n) is 12.9. The molecule has 0 fully saturated rings. The third kappa shape index (κ3) is 29.7. The number of amides is 1. The molecule has 1 aromatic rings.